The molecule has 1 aromatic heterocycles. The van der Waals surface area contributed by atoms with Crippen molar-refractivity contribution in [1.29, 1.82) is 0 Å². The van der Waals surface area contributed by atoms with Crippen molar-refractivity contribution in [2.75, 3.05) is 10.0 Å². The Morgan fingerprint density at radius 1 is 0.909 bits per heavy atom. The van der Waals surface area contributed by atoms with E-state index in [2.05, 4.69) is 15.1 Å². The van der Waals surface area contributed by atoms with Crippen molar-refractivity contribution in [3.63, 3.8) is 0 Å². The summed E-state index contributed by atoms with van der Waals surface area (Å²) in [6, 6.07) is 25.8. The van der Waals surface area contributed by atoms with Crippen LogP contribution in [0, 0.1) is 13.8 Å². The van der Waals surface area contributed by atoms with E-state index >= 15 is 0 Å². The van der Waals surface area contributed by atoms with E-state index in [1.165, 1.54) is 0 Å². The molecule has 1 atom stereocenters. The maximum Gasteiger partial charge on any atom is 0.150 e. The van der Waals surface area contributed by atoms with Crippen LogP contribution >= 0.6 is 0 Å². The van der Waals surface area contributed by atoms with E-state index in [0.717, 1.165) is 44.5 Å². The zero-order valence-corrected chi connectivity index (χ0v) is 19.9. The van der Waals surface area contributed by atoms with Gasteiger partial charge >= 0.3 is 0 Å². The van der Waals surface area contributed by atoms with Gasteiger partial charge in [-0.05, 0) is 61.4 Å². The Kier molecular flexibility index (Phi) is 7.10. The number of nitrogens with zero attached hydrogens (tertiary/aromatic N) is 2. The number of aryl methyl sites for hydroxylation is 2. The average molecular weight is 461 g/mol. The van der Waals surface area contributed by atoms with Gasteiger partial charge in [-0.3, -0.25) is 9.40 Å². The number of rotatable bonds is 9. The number of hydrogen-bond acceptors (Lipinski definition) is 4. The van der Waals surface area contributed by atoms with Crippen LogP contribution in [0.3, 0.4) is 0 Å². The molecule has 6 nitrogen and oxygen atoms in total. The van der Waals surface area contributed by atoms with Crippen LogP contribution in [-0.4, -0.2) is 14.0 Å². The summed E-state index contributed by atoms with van der Waals surface area (Å²) >= 11 is 0. The number of ether oxygens (including phenoxy) is 1. The van der Waals surface area contributed by atoms with Crippen LogP contribution in [0.1, 0.15) is 22.5 Å². The van der Waals surface area contributed by atoms with E-state index in [1.807, 2.05) is 99.8 Å². The molecule has 0 fully saturated rings. The summed E-state index contributed by atoms with van der Waals surface area (Å²) in [5, 5.41) is 7.77. The zero-order valence-electron chi connectivity index (χ0n) is 19.0. The van der Waals surface area contributed by atoms with Crippen LogP contribution in [0.15, 0.2) is 83.8 Å². The second-order valence-electron chi connectivity index (χ2n) is 7.84. The van der Waals surface area contributed by atoms with E-state index in [9.17, 15) is 4.21 Å². The van der Waals surface area contributed by atoms with Gasteiger partial charge in [-0.1, -0.05) is 42.5 Å². The third-order valence-corrected chi connectivity index (χ3v) is 6.53. The van der Waals surface area contributed by atoms with Crippen molar-refractivity contribution in [3.05, 3.63) is 101 Å². The van der Waals surface area contributed by atoms with Gasteiger partial charge in [0.2, 0.25) is 0 Å². The Morgan fingerprint density at radius 2 is 1.61 bits per heavy atom. The molecule has 4 rings (SSSR count). The fourth-order valence-corrected chi connectivity index (χ4v) is 4.40. The van der Waals surface area contributed by atoms with Gasteiger partial charge in [-0.15, -0.1) is 0 Å². The van der Waals surface area contributed by atoms with Gasteiger partial charge in [0.15, 0.2) is 0 Å². The highest BCUT2D eigenvalue weighted by atomic mass is 32.2. The van der Waals surface area contributed by atoms with E-state index in [0.29, 0.717) is 13.2 Å². The molecule has 0 saturated carbocycles. The van der Waals surface area contributed by atoms with Crippen LogP contribution in [0.2, 0.25) is 0 Å². The van der Waals surface area contributed by atoms with Crippen LogP contribution in [0.25, 0.3) is 0 Å². The number of benzene rings is 3. The largest absolute Gasteiger partial charge is 0.489 e. The van der Waals surface area contributed by atoms with Gasteiger partial charge in [0.25, 0.3) is 0 Å². The number of nitrogens with one attached hydrogen (secondary N) is 2. The smallest absolute Gasteiger partial charge is 0.150 e. The Hall–Kier alpha value is -3.58. The van der Waals surface area contributed by atoms with Crippen LogP contribution in [-0.2, 0) is 31.2 Å². The van der Waals surface area contributed by atoms with E-state index in [1.54, 1.807) is 4.68 Å². The maximum atomic E-state index is 12.7. The lowest BCUT2D eigenvalue weighted by molar-refractivity contribution is 0.306. The van der Waals surface area contributed by atoms with E-state index < -0.39 is 11.0 Å². The topological polar surface area (TPSA) is 68.2 Å². The van der Waals surface area contributed by atoms with Gasteiger partial charge in [-0.25, -0.2) is 4.21 Å². The predicted molar refractivity (Wildman–Crippen MR) is 134 cm³/mol. The van der Waals surface area contributed by atoms with Gasteiger partial charge in [0, 0.05) is 19.3 Å². The lowest BCUT2D eigenvalue weighted by Gasteiger charge is -2.10. The van der Waals surface area contributed by atoms with Crippen LogP contribution in [0.5, 0.6) is 5.75 Å². The minimum absolute atomic E-state index is 0.552. The van der Waals surface area contributed by atoms with Crippen molar-refractivity contribution >= 4 is 22.4 Å². The molecule has 0 aliphatic carbocycles. The Labute approximate surface area is 197 Å². The molecule has 7 heteroatoms. The first-order valence-corrected chi connectivity index (χ1v) is 11.9. The Balaban J connectivity index is 1.29. The summed E-state index contributed by atoms with van der Waals surface area (Å²) in [5.41, 5.74) is 5.87. The first-order valence-electron chi connectivity index (χ1n) is 10.8. The summed E-state index contributed by atoms with van der Waals surface area (Å²) in [4.78, 5) is 0.723. The average Bonchev–Trinajstić information content (AvgIpc) is 3.09. The first-order chi connectivity index (χ1) is 16.0. The highest BCUT2D eigenvalue weighted by Gasteiger charge is 2.13. The first kappa shape index (κ1) is 22.6. The van der Waals surface area contributed by atoms with Gasteiger partial charge in [0.05, 0.1) is 22.0 Å². The van der Waals surface area contributed by atoms with Crippen molar-refractivity contribution in [1.82, 2.24) is 9.78 Å². The highest BCUT2D eigenvalue weighted by molar-refractivity contribution is 7.86. The molecule has 1 unspecified atom stereocenters. The van der Waals surface area contributed by atoms with E-state index in [-0.39, 0.29) is 0 Å². The summed E-state index contributed by atoms with van der Waals surface area (Å²) < 4.78 is 23.4. The minimum Gasteiger partial charge on any atom is -0.489 e. The molecular formula is C26H28N4O2S. The third kappa shape index (κ3) is 5.81. The summed E-state index contributed by atoms with van der Waals surface area (Å²) in [6.07, 6.45) is 0. The second-order valence-corrected chi connectivity index (χ2v) is 9.05. The van der Waals surface area contributed by atoms with Crippen molar-refractivity contribution < 1.29 is 8.95 Å². The van der Waals surface area contributed by atoms with E-state index in [4.69, 9.17) is 4.74 Å². The molecular weight excluding hydrogens is 432 g/mol. The second kappa shape index (κ2) is 10.4. The number of hydrogen-bond donors (Lipinski definition) is 2. The molecule has 33 heavy (non-hydrogen) atoms. The normalized spacial score (nSPS) is 11.7. The molecule has 2 N–H and O–H groups in total. The lowest BCUT2D eigenvalue weighted by Crippen LogP contribution is -2.07. The zero-order chi connectivity index (χ0) is 23.2. The molecule has 0 bridgehead atoms. The number of anilines is 2. The summed E-state index contributed by atoms with van der Waals surface area (Å²) in [7, 11) is 0.532. The van der Waals surface area contributed by atoms with Gasteiger partial charge in [-0.2, -0.15) is 5.10 Å². The van der Waals surface area contributed by atoms with Crippen LogP contribution < -0.4 is 14.8 Å². The quantitative estimate of drug-likeness (QED) is 0.353. The summed E-state index contributed by atoms with van der Waals surface area (Å²) in [5.74, 6) is 0.836. The van der Waals surface area contributed by atoms with Gasteiger partial charge < -0.3 is 10.1 Å². The predicted octanol–water partition coefficient (Wildman–Crippen LogP) is 5.36. The van der Waals surface area contributed by atoms with Crippen molar-refractivity contribution in [2.45, 2.75) is 31.9 Å². The molecule has 0 amide bonds. The highest BCUT2D eigenvalue weighted by Crippen LogP contribution is 2.22. The van der Waals surface area contributed by atoms with Crippen LogP contribution in [0.4, 0.5) is 11.4 Å². The van der Waals surface area contributed by atoms with Crippen molar-refractivity contribution in [3.8, 4) is 5.75 Å². The molecule has 0 aliphatic heterocycles. The fourth-order valence-electron chi connectivity index (χ4n) is 3.42. The molecule has 0 aliphatic rings. The third-order valence-electron chi connectivity index (χ3n) is 5.44. The molecule has 170 valence electrons. The lowest BCUT2D eigenvalue weighted by atomic mass is 10.2. The Morgan fingerprint density at radius 3 is 2.24 bits per heavy atom. The molecule has 1 heterocycles. The standard InChI is InChI=1S/C26H28N4O2S/c1-19-26(20(2)30(3)28-19)29-33(31)25-15-9-21(10-16-25)17-27-23-11-13-24(14-12-23)32-18-22-7-5-4-6-8-22/h4-16,27,29H,17-18H2,1-3H3. The number of aromatic nitrogens is 2. The monoisotopic (exact) mass is 460 g/mol. The molecule has 0 saturated heterocycles. The SMILES string of the molecule is Cc1nn(C)c(C)c1NS(=O)c1ccc(CNc2ccc(OCc3ccccc3)cc2)cc1. The Bertz CT molecular complexity index is 1220. The molecule has 3 aromatic carbocycles. The molecule has 0 spiro atoms. The minimum atomic E-state index is -1.35. The van der Waals surface area contributed by atoms with Gasteiger partial charge in [0.1, 0.15) is 23.3 Å². The van der Waals surface area contributed by atoms with Crippen molar-refractivity contribution in [2.24, 2.45) is 7.05 Å². The maximum absolute atomic E-state index is 12.7. The summed E-state index contributed by atoms with van der Waals surface area (Å²) in [6.45, 7) is 5.08. The molecule has 0 radical (unpaired) electrons. The molecule has 4 aromatic rings. The fraction of sp³-hybridized carbons (Fsp3) is 0.192.